The molecular weight excluding hydrogens is 398 g/mol. The number of aromatic carboxylic acids is 1. The summed E-state index contributed by atoms with van der Waals surface area (Å²) in [5.74, 6) is -1.69. The summed E-state index contributed by atoms with van der Waals surface area (Å²) in [5, 5.41) is 8.97. The van der Waals surface area contributed by atoms with Gasteiger partial charge in [-0.05, 0) is 47.2 Å². The maximum Gasteiger partial charge on any atom is 0.356 e. The van der Waals surface area contributed by atoms with Crippen LogP contribution in [-0.2, 0) is 0 Å². The van der Waals surface area contributed by atoms with E-state index in [0.29, 0.717) is 20.4 Å². The molecule has 0 aliphatic carbocycles. The van der Waals surface area contributed by atoms with E-state index in [-0.39, 0.29) is 16.4 Å². The molecule has 0 aliphatic rings. The highest BCUT2D eigenvalue weighted by Gasteiger charge is 2.19. The van der Waals surface area contributed by atoms with E-state index in [9.17, 15) is 9.18 Å². The van der Waals surface area contributed by atoms with Gasteiger partial charge in [0.2, 0.25) is 0 Å². The summed E-state index contributed by atoms with van der Waals surface area (Å²) >= 11 is 7.73. The molecule has 1 aromatic heterocycles. The predicted molar refractivity (Wildman–Crippen MR) is 83.5 cm³/mol. The molecule has 0 saturated carbocycles. The topological polar surface area (TPSA) is 76.2 Å². The fourth-order valence-electron chi connectivity index (χ4n) is 1.73. The highest BCUT2D eigenvalue weighted by molar-refractivity contribution is 14.1. The summed E-state index contributed by atoms with van der Waals surface area (Å²) in [6.45, 7) is 1.66. The molecule has 1 heterocycles. The number of hydrogen-bond donors (Lipinski definition) is 2. The Hall–Kier alpha value is -1.41. The van der Waals surface area contributed by atoms with Crippen LogP contribution in [0.25, 0.3) is 11.3 Å². The molecule has 0 unspecified atom stereocenters. The molecule has 3 N–H and O–H groups in total. The van der Waals surface area contributed by atoms with E-state index >= 15 is 0 Å². The Balaban J connectivity index is 2.73. The van der Waals surface area contributed by atoms with Gasteiger partial charge in [-0.25, -0.2) is 14.2 Å². The molecule has 0 bridgehead atoms. The van der Waals surface area contributed by atoms with E-state index in [1.807, 2.05) is 22.6 Å². The second kappa shape index (κ2) is 5.53. The summed E-state index contributed by atoms with van der Waals surface area (Å²) in [7, 11) is 0. The summed E-state index contributed by atoms with van der Waals surface area (Å²) in [5.41, 5.74) is 6.85. The van der Waals surface area contributed by atoms with Crippen LogP contribution in [0.1, 0.15) is 16.1 Å². The monoisotopic (exact) mass is 406 g/mol. The van der Waals surface area contributed by atoms with Crippen molar-refractivity contribution in [2.45, 2.75) is 6.92 Å². The van der Waals surface area contributed by atoms with Gasteiger partial charge in [0.1, 0.15) is 5.82 Å². The second-order valence-corrected chi connectivity index (χ2v) is 5.64. The molecular formula is C13H9ClFIN2O2. The van der Waals surface area contributed by atoms with Crippen LogP contribution in [0.4, 0.5) is 10.1 Å². The zero-order chi connectivity index (χ0) is 15.0. The molecule has 2 rings (SSSR count). The Morgan fingerprint density at radius 3 is 2.70 bits per heavy atom. The van der Waals surface area contributed by atoms with Crippen LogP contribution < -0.4 is 5.73 Å². The van der Waals surface area contributed by atoms with Gasteiger partial charge in [0.25, 0.3) is 0 Å². The molecule has 0 radical (unpaired) electrons. The second-order valence-electron chi connectivity index (χ2n) is 4.10. The number of hydrogen-bond acceptors (Lipinski definition) is 3. The summed E-state index contributed by atoms with van der Waals surface area (Å²) in [6, 6.07) is 4.52. The largest absolute Gasteiger partial charge is 0.476 e. The number of anilines is 1. The van der Waals surface area contributed by atoms with Crippen molar-refractivity contribution in [1.82, 2.24) is 4.98 Å². The number of benzene rings is 1. The van der Waals surface area contributed by atoms with Crippen LogP contribution in [0, 0.1) is 16.3 Å². The fourth-order valence-corrected chi connectivity index (χ4v) is 2.33. The van der Waals surface area contributed by atoms with Crippen molar-refractivity contribution in [1.29, 1.82) is 0 Å². The number of carbonyl (C=O) groups is 1. The van der Waals surface area contributed by atoms with Crippen molar-refractivity contribution in [2.75, 3.05) is 5.73 Å². The van der Waals surface area contributed by atoms with E-state index in [1.165, 1.54) is 6.07 Å². The number of nitrogens with two attached hydrogens (primary N) is 1. The molecule has 7 heteroatoms. The van der Waals surface area contributed by atoms with Crippen LogP contribution in [0.3, 0.4) is 0 Å². The molecule has 0 saturated heterocycles. The van der Waals surface area contributed by atoms with Gasteiger partial charge in [-0.3, -0.25) is 0 Å². The first-order valence-corrected chi connectivity index (χ1v) is 6.93. The molecule has 20 heavy (non-hydrogen) atoms. The number of nitrogens with zero attached hydrogens (tertiary/aromatic N) is 1. The van der Waals surface area contributed by atoms with Gasteiger partial charge in [-0.15, -0.1) is 0 Å². The van der Waals surface area contributed by atoms with Gasteiger partial charge in [0.15, 0.2) is 5.69 Å². The van der Waals surface area contributed by atoms with E-state index in [0.717, 1.165) is 0 Å². The Labute approximate surface area is 132 Å². The minimum Gasteiger partial charge on any atom is -0.476 e. The maximum absolute atomic E-state index is 13.6. The van der Waals surface area contributed by atoms with Crippen LogP contribution in [0.5, 0.6) is 0 Å². The van der Waals surface area contributed by atoms with Crippen molar-refractivity contribution in [2.24, 2.45) is 0 Å². The maximum atomic E-state index is 13.6. The summed E-state index contributed by atoms with van der Waals surface area (Å²) < 4.78 is 14.1. The van der Waals surface area contributed by atoms with Crippen LogP contribution in [-0.4, -0.2) is 16.1 Å². The van der Waals surface area contributed by atoms with Crippen LogP contribution in [0.2, 0.25) is 5.02 Å². The first-order valence-electron chi connectivity index (χ1n) is 5.47. The lowest BCUT2D eigenvalue weighted by molar-refractivity contribution is 0.0691. The van der Waals surface area contributed by atoms with E-state index < -0.39 is 11.8 Å². The number of carboxylic acids is 1. The minimum absolute atomic E-state index is 0.107. The van der Waals surface area contributed by atoms with Gasteiger partial charge >= 0.3 is 5.97 Å². The van der Waals surface area contributed by atoms with E-state index in [1.54, 1.807) is 19.1 Å². The zero-order valence-corrected chi connectivity index (χ0v) is 13.2. The number of carboxylic acid groups (broad SMARTS) is 1. The molecule has 2 aromatic rings. The van der Waals surface area contributed by atoms with Crippen molar-refractivity contribution in [3.05, 3.63) is 43.9 Å². The van der Waals surface area contributed by atoms with Gasteiger partial charge in [0, 0.05) is 9.13 Å². The first-order chi connectivity index (χ1) is 9.32. The fraction of sp³-hybridized carbons (Fsp3) is 0.0769. The first kappa shape index (κ1) is 15.0. The van der Waals surface area contributed by atoms with Gasteiger partial charge < -0.3 is 10.8 Å². The van der Waals surface area contributed by atoms with Gasteiger partial charge in [0.05, 0.1) is 16.4 Å². The normalized spacial score (nSPS) is 10.6. The van der Waals surface area contributed by atoms with Crippen molar-refractivity contribution in [3.8, 4) is 11.3 Å². The molecule has 0 spiro atoms. The Kier molecular flexibility index (Phi) is 4.14. The number of halogens is 3. The quantitative estimate of drug-likeness (QED) is 0.745. The Morgan fingerprint density at radius 1 is 1.50 bits per heavy atom. The Morgan fingerprint density at radius 2 is 2.15 bits per heavy atom. The van der Waals surface area contributed by atoms with Gasteiger partial charge in [-0.1, -0.05) is 17.7 Å². The predicted octanol–water partition coefficient (Wildman–Crippen LogP) is 3.73. The minimum atomic E-state index is -1.28. The standard InChI is InChI=1S/C13H9ClFIN2O2/c1-5-10(17)9(14)12(13(19)20)18-11(5)6-2-3-8(16)7(15)4-6/h2-4H,1H3,(H2,17,18)(H,19,20). The van der Waals surface area contributed by atoms with Crippen LogP contribution >= 0.6 is 34.2 Å². The SMILES string of the molecule is Cc1c(-c2ccc(I)c(F)c2)nc(C(=O)O)c(Cl)c1N. The third-order valence-corrected chi connectivity index (χ3v) is 4.08. The van der Waals surface area contributed by atoms with Crippen molar-refractivity contribution < 1.29 is 14.3 Å². The zero-order valence-electron chi connectivity index (χ0n) is 10.2. The Bertz CT molecular complexity index is 722. The highest BCUT2D eigenvalue weighted by atomic mass is 127. The molecule has 0 atom stereocenters. The molecule has 0 aliphatic heterocycles. The summed E-state index contributed by atoms with van der Waals surface area (Å²) in [4.78, 5) is 15.1. The average molecular weight is 407 g/mol. The molecule has 104 valence electrons. The lowest BCUT2D eigenvalue weighted by atomic mass is 10.0. The van der Waals surface area contributed by atoms with E-state index in [4.69, 9.17) is 22.4 Å². The number of rotatable bonds is 2. The molecule has 4 nitrogen and oxygen atoms in total. The van der Waals surface area contributed by atoms with Crippen molar-refractivity contribution >= 4 is 45.8 Å². The lowest BCUT2D eigenvalue weighted by Crippen LogP contribution is -2.07. The van der Waals surface area contributed by atoms with Crippen molar-refractivity contribution in [3.63, 3.8) is 0 Å². The smallest absolute Gasteiger partial charge is 0.356 e. The average Bonchev–Trinajstić information content (AvgIpc) is 2.39. The van der Waals surface area contributed by atoms with E-state index in [2.05, 4.69) is 4.98 Å². The molecule has 0 fully saturated rings. The lowest BCUT2D eigenvalue weighted by Gasteiger charge is -2.12. The molecule has 1 aromatic carbocycles. The molecule has 0 amide bonds. The number of nitrogen functional groups attached to an aromatic ring is 1. The third kappa shape index (κ3) is 2.57. The number of aromatic nitrogens is 1. The third-order valence-electron chi connectivity index (χ3n) is 2.82. The van der Waals surface area contributed by atoms with Gasteiger partial charge in [-0.2, -0.15) is 0 Å². The number of pyridine rings is 1. The van der Waals surface area contributed by atoms with Crippen LogP contribution in [0.15, 0.2) is 18.2 Å². The summed E-state index contributed by atoms with van der Waals surface area (Å²) in [6.07, 6.45) is 0. The highest BCUT2D eigenvalue weighted by Crippen LogP contribution is 2.33.